The predicted molar refractivity (Wildman–Crippen MR) is 87.0 cm³/mol. The van der Waals surface area contributed by atoms with Gasteiger partial charge in [0, 0.05) is 0 Å². The van der Waals surface area contributed by atoms with Gasteiger partial charge < -0.3 is 5.11 Å². The monoisotopic (exact) mass is 290 g/mol. The number of rotatable bonds is 2. The minimum atomic E-state index is -0.0118. The van der Waals surface area contributed by atoms with E-state index in [1.165, 1.54) is 64.2 Å². The molecule has 4 bridgehead atoms. The van der Waals surface area contributed by atoms with Crippen LogP contribution in [-0.2, 0) is 0 Å². The number of aliphatic hydroxyl groups is 1. The lowest BCUT2D eigenvalue weighted by Crippen LogP contribution is -2.60. The molecule has 120 valence electrons. The van der Waals surface area contributed by atoms with Gasteiger partial charge in [-0.1, -0.05) is 33.6 Å². The molecule has 0 spiro atoms. The Labute approximate surface area is 130 Å². The zero-order chi connectivity index (χ0) is 14.9. The fourth-order valence-corrected chi connectivity index (χ4v) is 8.13. The SMILES string of the molecule is CC1CCCC(C(O)C23CC4CC(C)(CC(C)(C4)C2)C3)C1. The summed E-state index contributed by atoms with van der Waals surface area (Å²) in [5.41, 5.74) is 1.36. The molecule has 5 rings (SSSR count). The first-order valence-corrected chi connectivity index (χ1v) is 9.50. The van der Waals surface area contributed by atoms with Gasteiger partial charge in [0.25, 0.3) is 0 Å². The second-order valence-corrected chi connectivity index (χ2v) is 10.5. The summed E-state index contributed by atoms with van der Waals surface area (Å²) in [5, 5.41) is 11.4. The molecule has 5 aliphatic rings. The fourth-order valence-electron chi connectivity index (χ4n) is 8.13. The second kappa shape index (κ2) is 4.49. The Hall–Kier alpha value is -0.0400. The summed E-state index contributed by atoms with van der Waals surface area (Å²) in [6, 6.07) is 0. The average molecular weight is 290 g/mol. The molecule has 5 fully saturated rings. The van der Waals surface area contributed by atoms with E-state index in [1.807, 2.05) is 0 Å². The summed E-state index contributed by atoms with van der Waals surface area (Å²) in [4.78, 5) is 0. The van der Waals surface area contributed by atoms with Gasteiger partial charge in [0.1, 0.15) is 0 Å². The van der Waals surface area contributed by atoms with Crippen LogP contribution in [0.5, 0.6) is 0 Å². The highest BCUT2D eigenvalue weighted by Gasteiger charge is 2.62. The Morgan fingerprint density at radius 3 is 2.19 bits per heavy atom. The zero-order valence-corrected chi connectivity index (χ0v) is 14.3. The minimum absolute atomic E-state index is 0.0118. The third-order valence-electron chi connectivity index (χ3n) is 7.72. The summed E-state index contributed by atoms with van der Waals surface area (Å²) >= 11 is 0. The van der Waals surface area contributed by atoms with E-state index in [9.17, 15) is 5.11 Å². The molecule has 5 aliphatic carbocycles. The molecule has 1 heteroatoms. The van der Waals surface area contributed by atoms with Crippen LogP contribution in [0, 0.1) is 34.0 Å². The molecule has 0 heterocycles. The van der Waals surface area contributed by atoms with Gasteiger partial charge in [-0.2, -0.15) is 0 Å². The first-order chi connectivity index (χ1) is 9.82. The highest BCUT2D eigenvalue weighted by molar-refractivity contribution is 5.13. The van der Waals surface area contributed by atoms with E-state index in [2.05, 4.69) is 20.8 Å². The van der Waals surface area contributed by atoms with Crippen LogP contribution in [-0.4, -0.2) is 11.2 Å². The van der Waals surface area contributed by atoms with Gasteiger partial charge in [-0.25, -0.2) is 0 Å². The molecule has 0 radical (unpaired) electrons. The van der Waals surface area contributed by atoms with Crippen molar-refractivity contribution in [2.45, 2.75) is 91.1 Å². The lowest BCUT2D eigenvalue weighted by atomic mass is 9.38. The first kappa shape index (κ1) is 14.5. The lowest BCUT2D eigenvalue weighted by Gasteiger charge is -2.67. The van der Waals surface area contributed by atoms with Crippen molar-refractivity contribution in [1.29, 1.82) is 0 Å². The van der Waals surface area contributed by atoms with Gasteiger partial charge in [0.15, 0.2) is 0 Å². The Morgan fingerprint density at radius 2 is 1.62 bits per heavy atom. The second-order valence-electron chi connectivity index (χ2n) is 10.5. The summed E-state index contributed by atoms with van der Waals surface area (Å²) in [5.74, 6) is 2.34. The van der Waals surface area contributed by atoms with Crippen LogP contribution in [0.3, 0.4) is 0 Å². The summed E-state index contributed by atoms with van der Waals surface area (Å²) in [7, 11) is 0. The minimum Gasteiger partial charge on any atom is -0.392 e. The molecule has 5 saturated carbocycles. The number of aliphatic hydroxyl groups excluding tert-OH is 1. The Morgan fingerprint density at radius 1 is 0.952 bits per heavy atom. The van der Waals surface area contributed by atoms with E-state index in [0.717, 1.165) is 11.8 Å². The largest absolute Gasteiger partial charge is 0.392 e. The third-order valence-corrected chi connectivity index (χ3v) is 7.72. The maximum Gasteiger partial charge on any atom is 0.0625 e. The molecule has 5 unspecified atom stereocenters. The fraction of sp³-hybridized carbons (Fsp3) is 1.00. The van der Waals surface area contributed by atoms with Gasteiger partial charge in [-0.3, -0.25) is 0 Å². The quantitative estimate of drug-likeness (QED) is 0.744. The van der Waals surface area contributed by atoms with Crippen molar-refractivity contribution in [3.05, 3.63) is 0 Å². The van der Waals surface area contributed by atoms with E-state index in [0.29, 0.717) is 16.7 Å². The molecular weight excluding hydrogens is 256 g/mol. The van der Waals surface area contributed by atoms with Gasteiger partial charge in [0.05, 0.1) is 6.10 Å². The topological polar surface area (TPSA) is 20.2 Å². The van der Waals surface area contributed by atoms with Crippen LogP contribution in [0.15, 0.2) is 0 Å². The van der Waals surface area contributed by atoms with E-state index in [-0.39, 0.29) is 11.5 Å². The molecule has 0 aromatic carbocycles. The molecule has 21 heavy (non-hydrogen) atoms. The summed E-state index contributed by atoms with van der Waals surface area (Å²) in [6.07, 6.45) is 13.6. The molecule has 1 nitrogen and oxygen atoms in total. The van der Waals surface area contributed by atoms with Crippen LogP contribution in [0.25, 0.3) is 0 Å². The molecule has 0 aromatic heterocycles. The van der Waals surface area contributed by atoms with Crippen LogP contribution in [0.4, 0.5) is 0 Å². The maximum atomic E-state index is 11.4. The highest BCUT2D eigenvalue weighted by atomic mass is 16.3. The highest BCUT2D eigenvalue weighted by Crippen LogP contribution is 2.71. The van der Waals surface area contributed by atoms with Crippen molar-refractivity contribution >= 4 is 0 Å². The molecular formula is C20H34O. The number of hydrogen-bond acceptors (Lipinski definition) is 1. The van der Waals surface area contributed by atoms with Crippen molar-refractivity contribution in [1.82, 2.24) is 0 Å². The molecule has 0 aromatic rings. The molecule has 0 saturated heterocycles. The summed E-state index contributed by atoms with van der Waals surface area (Å²) < 4.78 is 0. The van der Waals surface area contributed by atoms with Crippen LogP contribution in [0.2, 0.25) is 0 Å². The normalized spacial score (nSPS) is 57.4. The Kier molecular flexibility index (Phi) is 3.11. The zero-order valence-electron chi connectivity index (χ0n) is 14.3. The predicted octanol–water partition coefficient (Wildman–Crippen LogP) is 5.17. The molecule has 5 atom stereocenters. The number of hydrogen-bond donors (Lipinski definition) is 1. The van der Waals surface area contributed by atoms with Crippen molar-refractivity contribution in [2.75, 3.05) is 0 Å². The van der Waals surface area contributed by atoms with Gasteiger partial charge >= 0.3 is 0 Å². The van der Waals surface area contributed by atoms with Crippen LogP contribution in [0.1, 0.15) is 85.0 Å². The maximum absolute atomic E-state index is 11.4. The molecule has 0 aliphatic heterocycles. The van der Waals surface area contributed by atoms with Gasteiger partial charge in [-0.15, -0.1) is 0 Å². The van der Waals surface area contributed by atoms with E-state index in [1.54, 1.807) is 0 Å². The lowest BCUT2D eigenvalue weighted by molar-refractivity contribution is -0.199. The third kappa shape index (κ3) is 2.30. The van der Waals surface area contributed by atoms with Crippen molar-refractivity contribution in [3.8, 4) is 0 Å². The molecule has 1 N–H and O–H groups in total. The summed E-state index contributed by atoms with van der Waals surface area (Å²) in [6.45, 7) is 7.45. The Bertz CT molecular complexity index is 410. The van der Waals surface area contributed by atoms with E-state index >= 15 is 0 Å². The van der Waals surface area contributed by atoms with Gasteiger partial charge in [-0.05, 0) is 85.4 Å². The molecule has 0 amide bonds. The van der Waals surface area contributed by atoms with Crippen molar-refractivity contribution < 1.29 is 5.11 Å². The van der Waals surface area contributed by atoms with Crippen LogP contribution < -0.4 is 0 Å². The Balaban J connectivity index is 1.61. The van der Waals surface area contributed by atoms with Crippen molar-refractivity contribution in [2.24, 2.45) is 34.0 Å². The first-order valence-electron chi connectivity index (χ1n) is 9.50. The van der Waals surface area contributed by atoms with E-state index in [4.69, 9.17) is 0 Å². The standard InChI is InChI=1S/C20H34O/c1-14-5-4-6-16(7-14)17(21)20-10-15-8-18(2,12-20)11-19(3,9-15)13-20/h14-17,21H,4-13H2,1-3H3. The smallest absolute Gasteiger partial charge is 0.0625 e. The van der Waals surface area contributed by atoms with E-state index < -0.39 is 0 Å². The van der Waals surface area contributed by atoms with Crippen LogP contribution >= 0.6 is 0 Å². The van der Waals surface area contributed by atoms with Gasteiger partial charge in [0.2, 0.25) is 0 Å². The van der Waals surface area contributed by atoms with Crippen molar-refractivity contribution in [3.63, 3.8) is 0 Å². The average Bonchev–Trinajstić information content (AvgIpc) is 2.33.